The molecule has 9 rings (SSSR count). The molecule has 3 fully saturated rings. The number of fused-ring (bicyclic) bond motifs is 2. The quantitative estimate of drug-likeness (QED) is 0.136. The van der Waals surface area contributed by atoms with Crippen molar-refractivity contribution in [3.8, 4) is 22.3 Å². The van der Waals surface area contributed by atoms with Gasteiger partial charge in [0, 0.05) is 83.4 Å². The van der Waals surface area contributed by atoms with E-state index in [1.54, 1.807) is 12.1 Å². The predicted molar refractivity (Wildman–Crippen MR) is 230 cm³/mol. The molecule has 302 valence electrons. The molecule has 6 aromatic rings. The van der Waals surface area contributed by atoms with E-state index < -0.39 is 17.4 Å². The third kappa shape index (κ3) is 7.31. The monoisotopic (exact) mass is 834 g/mol. The number of aromatic nitrogens is 2. The lowest BCUT2D eigenvalue weighted by atomic mass is 9.90. The van der Waals surface area contributed by atoms with Gasteiger partial charge in [-0.1, -0.05) is 23.2 Å². The van der Waals surface area contributed by atoms with Gasteiger partial charge in [-0.2, -0.15) is 0 Å². The van der Waals surface area contributed by atoms with Gasteiger partial charge in [0.2, 0.25) is 0 Å². The number of ether oxygens (including phenoxy) is 2. The maximum Gasteiger partial charge on any atom is 0.190 e. The summed E-state index contributed by atoms with van der Waals surface area (Å²) in [5, 5.41) is 2.15. The van der Waals surface area contributed by atoms with Gasteiger partial charge in [0.05, 0.1) is 47.8 Å². The third-order valence-electron chi connectivity index (χ3n) is 12.2. The maximum atomic E-state index is 13.9. The predicted octanol–water partition coefficient (Wildman–Crippen LogP) is 12.6. The van der Waals surface area contributed by atoms with Crippen molar-refractivity contribution in [1.29, 1.82) is 0 Å². The molecule has 2 aliphatic carbocycles. The highest BCUT2D eigenvalue weighted by Crippen LogP contribution is 2.46. The molecule has 0 atom stereocenters. The molecule has 0 amide bonds. The first-order valence-corrected chi connectivity index (χ1v) is 20.4. The summed E-state index contributed by atoms with van der Waals surface area (Å²) in [6.45, 7) is 20.2. The summed E-state index contributed by atoms with van der Waals surface area (Å²) in [4.78, 5) is 19.0. The van der Waals surface area contributed by atoms with Gasteiger partial charge in [-0.3, -0.25) is 4.79 Å². The molecule has 9 nitrogen and oxygen atoms in total. The summed E-state index contributed by atoms with van der Waals surface area (Å²) in [6, 6.07) is 14.2. The van der Waals surface area contributed by atoms with Crippen molar-refractivity contribution < 1.29 is 23.0 Å². The number of carbonyl (C=O) groups is 1. The molecule has 0 bridgehead atoms. The van der Waals surface area contributed by atoms with Crippen LogP contribution in [0.5, 0.6) is 0 Å². The summed E-state index contributed by atoms with van der Waals surface area (Å²) < 4.78 is 43.9. The van der Waals surface area contributed by atoms with Crippen molar-refractivity contribution in [3.63, 3.8) is 0 Å². The molecule has 1 saturated heterocycles. The lowest BCUT2D eigenvalue weighted by molar-refractivity contribution is -0.181. The number of aryl methyl sites for hydroxylation is 2. The number of nitrogens with two attached hydrogens (primary N) is 2. The Balaban J connectivity index is 0.000000165. The number of Topliss-reactive ketones (excluding diaryl/α,β-unsaturated/α-hetero) is 1. The first-order valence-electron chi connectivity index (χ1n) is 19.7. The minimum absolute atomic E-state index is 0.0623. The zero-order valence-corrected chi connectivity index (χ0v) is 34.2. The Labute approximate surface area is 351 Å². The second-order valence-electron chi connectivity index (χ2n) is 15.7. The van der Waals surface area contributed by atoms with Crippen LogP contribution in [-0.4, -0.2) is 33.9 Å². The van der Waals surface area contributed by atoms with Crippen molar-refractivity contribution >= 4 is 73.5 Å². The SMILES string of the molecule is [C-]#[N+]c1cc2c(-c3ccc(F)c(N)c3Cl)cn(C3CCC(=O)CC3)c2cc1C.[C-]#[N+]c1cc2c(-c3ccc(F)c(N)c3Cl)cn(C3CCC4(CC3)OCCO4)c2cc1C. The standard InChI is InChI=1S/C24H23ClFN3O2.C22H19ClFN3O/c1-14-11-21-17(12-20(14)28-2)18(16-3-4-19(26)23(27)22(16)25)13-29(21)15-5-7-24(8-6-15)30-9-10-31-24;1-12-9-20-16(10-19(12)26-2)17(15-7-8-18(24)22(25)21(15)23)11-27(20)13-3-5-14(28)6-4-13/h3-4,11-13,15H,5-10,27H2,1H3;7-11,13H,3-6,25H2,1H3. The van der Waals surface area contributed by atoms with Gasteiger partial charge >= 0.3 is 0 Å². The van der Waals surface area contributed by atoms with E-state index in [0.29, 0.717) is 54.3 Å². The smallest absolute Gasteiger partial charge is 0.190 e. The van der Waals surface area contributed by atoms with Gasteiger partial charge in [-0.25, -0.2) is 18.5 Å². The normalized spacial score (nSPS) is 17.0. The molecule has 1 aliphatic heterocycles. The molecule has 4 N–H and O–H groups in total. The van der Waals surface area contributed by atoms with Gasteiger partial charge in [0.1, 0.15) is 17.4 Å². The fourth-order valence-corrected chi connectivity index (χ4v) is 9.43. The van der Waals surface area contributed by atoms with Crippen LogP contribution in [0.1, 0.15) is 74.6 Å². The molecule has 1 spiro atoms. The molecule has 2 aromatic heterocycles. The number of hydrogen-bond acceptors (Lipinski definition) is 5. The van der Waals surface area contributed by atoms with Crippen LogP contribution >= 0.6 is 23.2 Å². The Bertz CT molecular complexity index is 2740. The maximum absolute atomic E-state index is 13.9. The second-order valence-corrected chi connectivity index (χ2v) is 16.4. The number of nitrogen functional groups attached to an aromatic ring is 2. The largest absolute Gasteiger partial charge is 0.395 e. The topological polar surface area (TPSA) is 106 Å². The van der Waals surface area contributed by atoms with Crippen molar-refractivity contribution in [2.24, 2.45) is 0 Å². The molecule has 2 saturated carbocycles. The van der Waals surface area contributed by atoms with E-state index in [2.05, 4.69) is 31.1 Å². The van der Waals surface area contributed by atoms with Crippen molar-refractivity contribution in [1.82, 2.24) is 9.13 Å². The summed E-state index contributed by atoms with van der Waals surface area (Å²) in [6.07, 6.45) is 10.3. The highest BCUT2D eigenvalue weighted by Gasteiger charge is 2.41. The van der Waals surface area contributed by atoms with Crippen LogP contribution in [0.15, 0.2) is 60.9 Å². The van der Waals surface area contributed by atoms with Gasteiger partial charge in [0.15, 0.2) is 17.2 Å². The van der Waals surface area contributed by atoms with Gasteiger partial charge in [-0.05, 0) is 110 Å². The van der Waals surface area contributed by atoms with Crippen molar-refractivity contribution in [3.05, 3.63) is 117 Å². The average Bonchev–Trinajstić information content (AvgIpc) is 3.95. The van der Waals surface area contributed by atoms with Crippen LogP contribution < -0.4 is 11.5 Å². The Hall–Kier alpha value is -5.43. The second kappa shape index (κ2) is 16.0. The fourth-order valence-electron chi connectivity index (χ4n) is 8.92. The summed E-state index contributed by atoms with van der Waals surface area (Å²) in [7, 11) is 0. The number of hydrogen-bond donors (Lipinski definition) is 2. The number of anilines is 2. The van der Waals surface area contributed by atoms with Gasteiger partial charge in [0.25, 0.3) is 0 Å². The molecule has 13 heteroatoms. The molecule has 0 radical (unpaired) electrons. The fraction of sp³-hybridized carbons (Fsp3) is 0.326. The molecule has 4 aromatic carbocycles. The highest BCUT2D eigenvalue weighted by atomic mass is 35.5. The zero-order chi connectivity index (χ0) is 41.7. The minimum atomic E-state index is -0.555. The first-order chi connectivity index (χ1) is 28.3. The first kappa shape index (κ1) is 40.4. The lowest BCUT2D eigenvalue weighted by Gasteiger charge is -2.36. The summed E-state index contributed by atoms with van der Waals surface area (Å²) >= 11 is 12.8. The average molecular weight is 836 g/mol. The number of rotatable bonds is 4. The summed E-state index contributed by atoms with van der Waals surface area (Å²) in [5.41, 5.74) is 19.5. The van der Waals surface area contributed by atoms with E-state index >= 15 is 0 Å². The van der Waals surface area contributed by atoms with Crippen LogP contribution in [0.4, 0.5) is 31.5 Å². The van der Waals surface area contributed by atoms with E-state index in [0.717, 1.165) is 82.6 Å². The minimum Gasteiger partial charge on any atom is -0.395 e. The van der Waals surface area contributed by atoms with Crippen molar-refractivity contribution in [2.45, 2.75) is 83.1 Å². The number of nitrogens with zero attached hydrogens (tertiary/aromatic N) is 4. The van der Waals surface area contributed by atoms with Crippen LogP contribution in [0.25, 0.3) is 53.7 Å². The molecule has 0 unspecified atom stereocenters. The lowest BCUT2D eigenvalue weighted by Crippen LogP contribution is -2.35. The Morgan fingerprint density at radius 1 is 0.695 bits per heavy atom. The molecular weight excluding hydrogens is 793 g/mol. The van der Waals surface area contributed by atoms with Crippen molar-refractivity contribution in [2.75, 3.05) is 24.7 Å². The van der Waals surface area contributed by atoms with E-state index in [1.807, 2.05) is 38.2 Å². The van der Waals surface area contributed by atoms with Crippen LogP contribution in [0.3, 0.4) is 0 Å². The van der Waals surface area contributed by atoms with E-state index in [4.69, 9.17) is 57.3 Å². The Morgan fingerprint density at radius 3 is 1.54 bits per heavy atom. The zero-order valence-electron chi connectivity index (χ0n) is 32.7. The molecule has 59 heavy (non-hydrogen) atoms. The van der Waals surface area contributed by atoms with Gasteiger partial charge < -0.3 is 30.1 Å². The molecule has 3 aliphatic rings. The number of ketones is 1. The Morgan fingerprint density at radius 2 is 1.12 bits per heavy atom. The van der Waals surface area contributed by atoms with Crippen LogP contribution in [0, 0.1) is 38.6 Å². The number of benzene rings is 4. The van der Waals surface area contributed by atoms with E-state index in [-0.39, 0.29) is 33.5 Å². The molecule has 3 heterocycles. The Kier molecular flexibility index (Phi) is 10.9. The van der Waals surface area contributed by atoms with Crippen LogP contribution in [-0.2, 0) is 14.3 Å². The third-order valence-corrected chi connectivity index (χ3v) is 13.0. The van der Waals surface area contributed by atoms with E-state index in [9.17, 15) is 13.6 Å². The van der Waals surface area contributed by atoms with Gasteiger partial charge in [-0.15, -0.1) is 0 Å². The highest BCUT2D eigenvalue weighted by molar-refractivity contribution is 6.36. The number of carbonyl (C=O) groups excluding carboxylic acids is 1. The summed E-state index contributed by atoms with van der Waals surface area (Å²) in [5.74, 6) is -1.22. The number of halogens is 4. The van der Waals surface area contributed by atoms with E-state index in [1.165, 1.54) is 12.1 Å². The molecular formula is C46H42Cl2F2N6O3. The van der Waals surface area contributed by atoms with Crippen LogP contribution in [0.2, 0.25) is 10.0 Å².